The van der Waals surface area contributed by atoms with Gasteiger partial charge in [0.15, 0.2) is 0 Å². The van der Waals surface area contributed by atoms with Gasteiger partial charge in [0.05, 0.1) is 6.61 Å². The molecule has 0 spiro atoms. The number of hydrogen-bond donors (Lipinski definition) is 1. The third kappa shape index (κ3) is 6.79. The van der Waals surface area contributed by atoms with Crippen molar-refractivity contribution in [1.29, 1.82) is 0 Å². The summed E-state index contributed by atoms with van der Waals surface area (Å²) in [4.78, 5) is 28.7. The van der Waals surface area contributed by atoms with Crippen molar-refractivity contribution in [3.8, 4) is 0 Å². The van der Waals surface area contributed by atoms with E-state index in [0.717, 1.165) is 0 Å². The summed E-state index contributed by atoms with van der Waals surface area (Å²) in [6.07, 6.45) is 0.0457. The minimum atomic E-state index is -1.23. The number of carbonyl (C=O) groups excluding carboxylic acids is 1. The molecule has 0 atom stereocenters. The largest absolute Gasteiger partial charge is 0.481 e. The molecule has 1 N–H and O–H groups in total. The zero-order valence-electron chi connectivity index (χ0n) is 6.20. The zero-order valence-corrected chi connectivity index (χ0v) is 6.20. The van der Waals surface area contributed by atoms with Gasteiger partial charge in [-0.1, -0.05) is 6.92 Å². The van der Waals surface area contributed by atoms with E-state index in [-0.39, 0.29) is 6.61 Å². The van der Waals surface area contributed by atoms with E-state index in [1.807, 2.05) is 6.92 Å². The standard InChI is InChI=1S/C6H10O5/c1-2-3-10-11-6(9)4-5(7)8/h2-4H2,1H3,(H,7,8). The van der Waals surface area contributed by atoms with E-state index in [0.29, 0.717) is 6.42 Å². The highest BCUT2D eigenvalue weighted by molar-refractivity contribution is 5.89. The molecule has 0 bridgehead atoms. The molecule has 0 heterocycles. The van der Waals surface area contributed by atoms with Gasteiger partial charge in [0.25, 0.3) is 0 Å². The normalized spacial score (nSPS) is 9.18. The van der Waals surface area contributed by atoms with Gasteiger partial charge in [0.1, 0.15) is 6.42 Å². The Kier molecular flexibility index (Phi) is 5.10. The Labute approximate surface area is 63.8 Å². The Morgan fingerprint density at radius 2 is 2.09 bits per heavy atom. The van der Waals surface area contributed by atoms with Crippen molar-refractivity contribution in [2.24, 2.45) is 0 Å². The molecule has 0 aliphatic heterocycles. The minimum absolute atomic E-state index is 0.283. The second-order valence-corrected chi connectivity index (χ2v) is 1.85. The van der Waals surface area contributed by atoms with E-state index in [2.05, 4.69) is 9.78 Å². The molecular weight excluding hydrogens is 152 g/mol. The second-order valence-electron chi connectivity index (χ2n) is 1.85. The van der Waals surface area contributed by atoms with Crippen LogP contribution in [-0.2, 0) is 19.4 Å². The van der Waals surface area contributed by atoms with Crippen molar-refractivity contribution < 1.29 is 24.5 Å². The number of carboxylic acid groups (broad SMARTS) is 1. The molecule has 0 saturated heterocycles. The molecule has 0 aromatic rings. The maximum Gasteiger partial charge on any atom is 0.353 e. The zero-order chi connectivity index (χ0) is 8.69. The molecular formula is C6H10O5. The highest BCUT2D eigenvalue weighted by Gasteiger charge is 2.08. The lowest BCUT2D eigenvalue weighted by atomic mass is 10.5. The third-order valence-corrected chi connectivity index (χ3v) is 0.735. The maximum absolute atomic E-state index is 10.4. The predicted molar refractivity (Wildman–Crippen MR) is 34.6 cm³/mol. The average Bonchev–Trinajstić information content (AvgIpc) is 1.86. The fourth-order valence-corrected chi connectivity index (χ4v) is 0.344. The molecule has 5 nitrogen and oxygen atoms in total. The highest BCUT2D eigenvalue weighted by Crippen LogP contribution is 1.88. The van der Waals surface area contributed by atoms with Crippen LogP contribution in [0.3, 0.4) is 0 Å². The van der Waals surface area contributed by atoms with Crippen LogP contribution in [0.1, 0.15) is 19.8 Å². The molecule has 0 amide bonds. The number of hydrogen-bond acceptors (Lipinski definition) is 4. The SMILES string of the molecule is CCCOOC(=O)CC(=O)O. The van der Waals surface area contributed by atoms with Crippen LogP contribution in [0.25, 0.3) is 0 Å². The molecule has 64 valence electrons. The molecule has 0 fully saturated rings. The summed E-state index contributed by atoms with van der Waals surface area (Å²) in [7, 11) is 0. The first-order valence-electron chi connectivity index (χ1n) is 3.21. The Hall–Kier alpha value is -1.10. The Balaban J connectivity index is 3.30. The summed E-state index contributed by atoms with van der Waals surface area (Å²) in [6.45, 7) is 2.12. The van der Waals surface area contributed by atoms with Crippen LogP contribution in [-0.4, -0.2) is 23.7 Å². The fraction of sp³-hybridized carbons (Fsp3) is 0.667. The number of carbonyl (C=O) groups is 2. The third-order valence-electron chi connectivity index (χ3n) is 0.735. The van der Waals surface area contributed by atoms with Crippen LogP contribution in [0.5, 0.6) is 0 Å². The van der Waals surface area contributed by atoms with Crippen LogP contribution >= 0.6 is 0 Å². The predicted octanol–water partition coefficient (Wildman–Crippen LogP) is 0.346. The molecule has 11 heavy (non-hydrogen) atoms. The minimum Gasteiger partial charge on any atom is -0.481 e. The first-order valence-corrected chi connectivity index (χ1v) is 3.21. The lowest BCUT2D eigenvalue weighted by molar-refractivity contribution is -0.271. The smallest absolute Gasteiger partial charge is 0.353 e. The second kappa shape index (κ2) is 5.67. The van der Waals surface area contributed by atoms with Gasteiger partial charge in [0.2, 0.25) is 0 Å². The molecule has 0 aliphatic carbocycles. The number of aliphatic carboxylic acids is 1. The van der Waals surface area contributed by atoms with E-state index in [1.165, 1.54) is 0 Å². The lowest BCUT2D eigenvalue weighted by Gasteiger charge is -1.98. The van der Waals surface area contributed by atoms with Gasteiger partial charge in [-0.15, -0.1) is 0 Å². The summed E-state index contributed by atoms with van der Waals surface area (Å²) in [6, 6.07) is 0. The van der Waals surface area contributed by atoms with Crippen LogP contribution in [0.15, 0.2) is 0 Å². The van der Waals surface area contributed by atoms with Crippen LogP contribution in [0.4, 0.5) is 0 Å². The molecule has 0 rings (SSSR count). The molecule has 0 aromatic heterocycles. The Morgan fingerprint density at radius 1 is 1.45 bits per heavy atom. The number of carboxylic acids is 1. The van der Waals surface area contributed by atoms with Crippen molar-refractivity contribution in [2.45, 2.75) is 19.8 Å². The van der Waals surface area contributed by atoms with Crippen molar-refractivity contribution in [2.75, 3.05) is 6.61 Å². The van der Waals surface area contributed by atoms with Gasteiger partial charge in [-0.3, -0.25) is 9.68 Å². The summed E-state index contributed by atoms with van der Waals surface area (Å²) in [5.74, 6) is -2.11. The topological polar surface area (TPSA) is 72.8 Å². The van der Waals surface area contributed by atoms with Crippen LogP contribution in [0.2, 0.25) is 0 Å². The van der Waals surface area contributed by atoms with Crippen molar-refractivity contribution in [1.82, 2.24) is 0 Å². The lowest BCUT2D eigenvalue weighted by Crippen LogP contribution is -2.11. The average molecular weight is 162 g/mol. The number of rotatable bonds is 5. The van der Waals surface area contributed by atoms with E-state index in [1.54, 1.807) is 0 Å². The van der Waals surface area contributed by atoms with E-state index in [9.17, 15) is 9.59 Å². The molecule has 0 aliphatic rings. The maximum atomic E-state index is 10.4. The van der Waals surface area contributed by atoms with Gasteiger partial charge >= 0.3 is 11.9 Å². The summed E-state index contributed by atoms with van der Waals surface area (Å²) in [5, 5.41) is 8.08. The Bertz CT molecular complexity index is 142. The molecule has 0 radical (unpaired) electrons. The van der Waals surface area contributed by atoms with E-state index >= 15 is 0 Å². The van der Waals surface area contributed by atoms with Gasteiger partial charge in [-0.2, -0.15) is 4.89 Å². The quantitative estimate of drug-likeness (QED) is 0.273. The Morgan fingerprint density at radius 3 is 2.55 bits per heavy atom. The van der Waals surface area contributed by atoms with Crippen molar-refractivity contribution in [3.05, 3.63) is 0 Å². The van der Waals surface area contributed by atoms with Gasteiger partial charge in [-0.25, -0.2) is 4.79 Å². The molecule has 0 saturated carbocycles. The van der Waals surface area contributed by atoms with Gasteiger partial charge < -0.3 is 5.11 Å². The van der Waals surface area contributed by atoms with Gasteiger partial charge in [-0.05, 0) is 6.42 Å². The van der Waals surface area contributed by atoms with E-state index < -0.39 is 18.4 Å². The molecule has 5 heteroatoms. The van der Waals surface area contributed by atoms with Crippen LogP contribution < -0.4 is 0 Å². The van der Waals surface area contributed by atoms with Crippen molar-refractivity contribution in [3.63, 3.8) is 0 Å². The summed E-state index contributed by atoms with van der Waals surface area (Å²) < 4.78 is 0. The summed E-state index contributed by atoms with van der Waals surface area (Å²) in [5.41, 5.74) is 0. The first kappa shape index (κ1) is 9.90. The molecule has 0 unspecified atom stereocenters. The first-order chi connectivity index (χ1) is 5.16. The molecule has 0 aromatic carbocycles. The van der Waals surface area contributed by atoms with E-state index in [4.69, 9.17) is 5.11 Å². The highest BCUT2D eigenvalue weighted by atomic mass is 17.2. The van der Waals surface area contributed by atoms with Gasteiger partial charge in [0, 0.05) is 0 Å². The summed E-state index contributed by atoms with van der Waals surface area (Å²) >= 11 is 0. The van der Waals surface area contributed by atoms with Crippen LogP contribution in [0, 0.1) is 0 Å². The van der Waals surface area contributed by atoms with Crippen molar-refractivity contribution >= 4 is 11.9 Å². The monoisotopic (exact) mass is 162 g/mol. The fourth-order valence-electron chi connectivity index (χ4n) is 0.344.